The molecule has 0 unspecified atom stereocenters. The molecular formula is C8H14N4O. The highest BCUT2D eigenvalue weighted by Gasteiger charge is 2.02. The van der Waals surface area contributed by atoms with Crippen molar-refractivity contribution < 1.29 is 4.79 Å². The molecule has 1 aromatic heterocycles. The highest BCUT2D eigenvalue weighted by Crippen LogP contribution is 2.05. The first-order valence-corrected chi connectivity index (χ1v) is 4.04. The molecule has 0 aromatic carbocycles. The van der Waals surface area contributed by atoms with Crippen molar-refractivity contribution in [3.05, 3.63) is 11.8 Å². The van der Waals surface area contributed by atoms with Gasteiger partial charge >= 0.3 is 0 Å². The fraction of sp³-hybridized carbons (Fsp3) is 0.500. The van der Waals surface area contributed by atoms with Crippen molar-refractivity contribution in [2.75, 3.05) is 19.4 Å². The molecule has 5 heteroatoms. The number of anilines is 1. The molecule has 1 aromatic rings. The number of carbonyl (C=O) groups is 1. The van der Waals surface area contributed by atoms with E-state index in [2.05, 4.69) is 15.5 Å². The molecule has 13 heavy (non-hydrogen) atoms. The lowest BCUT2D eigenvalue weighted by molar-refractivity contribution is -0.114. The molecule has 0 saturated carbocycles. The second kappa shape index (κ2) is 4.04. The molecule has 1 amide bonds. The Morgan fingerprint density at radius 1 is 1.69 bits per heavy atom. The van der Waals surface area contributed by atoms with E-state index in [1.54, 1.807) is 0 Å². The van der Waals surface area contributed by atoms with Crippen LogP contribution in [0.25, 0.3) is 0 Å². The quantitative estimate of drug-likeness (QED) is 0.712. The van der Waals surface area contributed by atoms with Crippen molar-refractivity contribution in [2.24, 2.45) is 0 Å². The molecule has 1 heterocycles. The molecule has 2 N–H and O–H groups in total. The third-order valence-corrected chi connectivity index (χ3v) is 1.42. The van der Waals surface area contributed by atoms with E-state index >= 15 is 0 Å². The first-order valence-electron chi connectivity index (χ1n) is 4.04. The maximum Gasteiger partial charge on any atom is 0.222 e. The lowest BCUT2D eigenvalue weighted by Gasteiger charge is -2.05. The Balaban J connectivity index is 2.58. The molecule has 0 atom stereocenters. The Labute approximate surface area is 77.1 Å². The summed E-state index contributed by atoms with van der Waals surface area (Å²) in [6.07, 6.45) is 0. The van der Waals surface area contributed by atoms with Crippen LogP contribution < -0.4 is 5.32 Å². The molecule has 0 fully saturated rings. The van der Waals surface area contributed by atoms with Gasteiger partial charge in [0.2, 0.25) is 5.91 Å². The molecular weight excluding hydrogens is 168 g/mol. The van der Waals surface area contributed by atoms with E-state index in [1.165, 1.54) is 6.92 Å². The minimum Gasteiger partial charge on any atom is -0.309 e. The van der Waals surface area contributed by atoms with Gasteiger partial charge in [-0.05, 0) is 14.1 Å². The Bertz CT molecular complexity index is 292. The average molecular weight is 182 g/mol. The van der Waals surface area contributed by atoms with E-state index in [0.717, 1.165) is 12.2 Å². The van der Waals surface area contributed by atoms with Crippen molar-refractivity contribution in [2.45, 2.75) is 13.5 Å². The summed E-state index contributed by atoms with van der Waals surface area (Å²) < 4.78 is 0. The maximum absolute atomic E-state index is 10.7. The molecule has 0 aliphatic carbocycles. The standard InChI is InChI=1S/C8H14N4O/c1-6(13)9-8-4-7(10-11-8)5-12(2)3/h4H,5H2,1-3H3,(H2,9,10,11,13). The van der Waals surface area contributed by atoms with Crippen molar-refractivity contribution in [3.63, 3.8) is 0 Å². The minimum absolute atomic E-state index is 0.108. The molecule has 0 saturated heterocycles. The molecule has 1 rings (SSSR count). The number of hydrogen-bond acceptors (Lipinski definition) is 3. The van der Waals surface area contributed by atoms with Crippen LogP contribution in [-0.2, 0) is 11.3 Å². The Morgan fingerprint density at radius 2 is 2.38 bits per heavy atom. The molecule has 0 radical (unpaired) electrons. The number of aromatic nitrogens is 2. The molecule has 72 valence electrons. The zero-order valence-electron chi connectivity index (χ0n) is 8.09. The van der Waals surface area contributed by atoms with Gasteiger partial charge in [-0.3, -0.25) is 9.89 Å². The van der Waals surface area contributed by atoms with Gasteiger partial charge < -0.3 is 10.2 Å². The molecule has 0 bridgehead atoms. The second-order valence-corrected chi connectivity index (χ2v) is 3.20. The number of aromatic amines is 1. The summed E-state index contributed by atoms with van der Waals surface area (Å²) in [5.74, 6) is 0.465. The van der Waals surface area contributed by atoms with E-state index in [4.69, 9.17) is 0 Å². The lowest BCUT2D eigenvalue weighted by atomic mass is 10.4. The van der Waals surface area contributed by atoms with E-state index in [-0.39, 0.29) is 5.91 Å². The van der Waals surface area contributed by atoms with E-state index in [0.29, 0.717) is 5.82 Å². The molecule has 0 aliphatic rings. The summed E-state index contributed by atoms with van der Waals surface area (Å²) in [4.78, 5) is 12.7. The summed E-state index contributed by atoms with van der Waals surface area (Å²) in [7, 11) is 3.94. The maximum atomic E-state index is 10.7. The van der Waals surface area contributed by atoms with Crippen molar-refractivity contribution in [1.82, 2.24) is 15.1 Å². The van der Waals surface area contributed by atoms with Crippen LogP contribution in [-0.4, -0.2) is 35.1 Å². The normalized spacial score (nSPS) is 10.5. The SMILES string of the molecule is CC(=O)Nc1cc(CN(C)C)[nH]n1. The van der Waals surface area contributed by atoms with Crippen molar-refractivity contribution in [1.29, 1.82) is 0 Å². The summed E-state index contributed by atoms with van der Waals surface area (Å²) in [6, 6.07) is 1.82. The van der Waals surface area contributed by atoms with Crippen LogP contribution in [0.4, 0.5) is 5.82 Å². The molecule has 0 aliphatic heterocycles. The number of nitrogens with zero attached hydrogens (tertiary/aromatic N) is 2. The van der Waals surface area contributed by atoms with Crippen LogP contribution in [0.1, 0.15) is 12.6 Å². The first-order chi connectivity index (χ1) is 6.08. The first kappa shape index (κ1) is 9.73. The van der Waals surface area contributed by atoms with Crippen molar-refractivity contribution >= 4 is 11.7 Å². The average Bonchev–Trinajstić information content (AvgIpc) is 2.33. The van der Waals surface area contributed by atoms with Crippen LogP contribution in [0, 0.1) is 0 Å². The van der Waals surface area contributed by atoms with Gasteiger partial charge in [-0.2, -0.15) is 5.10 Å². The minimum atomic E-state index is -0.108. The van der Waals surface area contributed by atoms with Gasteiger partial charge in [0.15, 0.2) is 5.82 Å². The summed E-state index contributed by atoms with van der Waals surface area (Å²) >= 11 is 0. The van der Waals surface area contributed by atoms with Gasteiger partial charge in [0.05, 0.1) is 5.69 Å². The summed E-state index contributed by atoms with van der Waals surface area (Å²) in [5.41, 5.74) is 0.980. The van der Waals surface area contributed by atoms with Crippen LogP contribution in [0.5, 0.6) is 0 Å². The smallest absolute Gasteiger partial charge is 0.222 e. The Morgan fingerprint density at radius 3 is 2.92 bits per heavy atom. The number of hydrogen-bond donors (Lipinski definition) is 2. The van der Waals surface area contributed by atoms with E-state index < -0.39 is 0 Å². The number of rotatable bonds is 3. The number of amides is 1. The fourth-order valence-electron chi connectivity index (χ4n) is 1.03. The number of carbonyl (C=O) groups excluding carboxylic acids is 1. The van der Waals surface area contributed by atoms with Gasteiger partial charge in [0.1, 0.15) is 0 Å². The second-order valence-electron chi connectivity index (χ2n) is 3.20. The lowest BCUT2D eigenvalue weighted by Crippen LogP contribution is -2.10. The number of nitrogens with one attached hydrogen (secondary N) is 2. The number of H-pyrrole nitrogens is 1. The van der Waals surface area contributed by atoms with Crippen LogP contribution in [0.3, 0.4) is 0 Å². The van der Waals surface area contributed by atoms with Gasteiger partial charge in [-0.15, -0.1) is 0 Å². The van der Waals surface area contributed by atoms with Crippen LogP contribution in [0.2, 0.25) is 0 Å². The van der Waals surface area contributed by atoms with Gasteiger partial charge in [0.25, 0.3) is 0 Å². The Hall–Kier alpha value is -1.36. The summed E-state index contributed by atoms with van der Waals surface area (Å²) in [6.45, 7) is 2.24. The topological polar surface area (TPSA) is 61.0 Å². The summed E-state index contributed by atoms with van der Waals surface area (Å²) in [5, 5.41) is 9.36. The van der Waals surface area contributed by atoms with E-state index in [9.17, 15) is 4.79 Å². The molecule has 0 spiro atoms. The Kier molecular flexibility index (Phi) is 3.02. The van der Waals surface area contributed by atoms with E-state index in [1.807, 2.05) is 25.1 Å². The largest absolute Gasteiger partial charge is 0.309 e. The highest BCUT2D eigenvalue weighted by molar-refractivity contribution is 5.87. The van der Waals surface area contributed by atoms with Gasteiger partial charge in [0, 0.05) is 19.5 Å². The predicted molar refractivity (Wildman–Crippen MR) is 50.3 cm³/mol. The fourth-order valence-corrected chi connectivity index (χ4v) is 1.03. The van der Waals surface area contributed by atoms with Crippen molar-refractivity contribution in [3.8, 4) is 0 Å². The monoisotopic (exact) mass is 182 g/mol. The third-order valence-electron chi connectivity index (χ3n) is 1.42. The highest BCUT2D eigenvalue weighted by atomic mass is 16.1. The van der Waals surface area contributed by atoms with Crippen LogP contribution >= 0.6 is 0 Å². The molecule has 5 nitrogen and oxygen atoms in total. The van der Waals surface area contributed by atoms with Crippen LogP contribution in [0.15, 0.2) is 6.07 Å². The zero-order valence-corrected chi connectivity index (χ0v) is 8.09. The predicted octanol–water partition coefficient (Wildman–Crippen LogP) is 0.430. The zero-order chi connectivity index (χ0) is 9.84. The van der Waals surface area contributed by atoms with Gasteiger partial charge in [-0.25, -0.2) is 0 Å². The van der Waals surface area contributed by atoms with Gasteiger partial charge in [-0.1, -0.05) is 0 Å². The third kappa shape index (κ3) is 3.25.